The fourth-order valence-electron chi connectivity index (χ4n) is 3.53. The Labute approximate surface area is 189 Å². The van der Waals surface area contributed by atoms with Gasteiger partial charge in [0.15, 0.2) is 5.60 Å². The van der Waals surface area contributed by atoms with Crippen molar-refractivity contribution in [1.29, 1.82) is 0 Å². The Bertz CT molecular complexity index is 1060. The number of hydrogen-bond donors (Lipinski definition) is 1. The number of carboxylic acid groups (broad SMARTS) is 1. The van der Waals surface area contributed by atoms with Gasteiger partial charge in [0.05, 0.1) is 12.3 Å². The van der Waals surface area contributed by atoms with E-state index in [0.29, 0.717) is 17.2 Å². The Morgan fingerprint density at radius 1 is 1.00 bits per heavy atom. The highest BCUT2D eigenvalue weighted by molar-refractivity contribution is 6.08. The van der Waals surface area contributed by atoms with Crippen LogP contribution in [0.3, 0.4) is 0 Å². The minimum atomic E-state index is -1.21. The number of aliphatic carboxylic acids is 1. The van der Waals surface area contributed by atoms with Crippen LogP contribution in [0.1, 0.15) is 53.5 Å². The van der Waals surface area contributed by atoms with Gasteiger partial charge in [-0.2, -0.15) is 0 Å². The number of carboxylic acids is 1. The Hall–Kier alpha value is -3.18. The number of carbonyl (C=O) groups excluding carboxylic acids is 1. The summed E-state index contributed by atoms with van der Waals surface area (Å²) >= 11 is 0. The van der Waals surface area contributed by atoms with E-state index in [4.69, 9.17) is 9.84 Å². The summed E-state index contributed by atoms with van der Waals surface area (Å²) in [7, 11) is 0. The first kappa shape index (κ1) is 23.5. The number of benzene rings is 2. The Morgan fingerprint density at radius 3 is 2.25 bits per heavy atom. The topological polar surface area (TPSA) is 68.5 Å². The highest BCUT2D eigenvalue weighted by atomic mass is 16.5. The smallest absolute Gasteiger partial charge is 0.335 e. The summed E-state index contributed by atoms with van der Waals surface area (Å²) in [5, 5.41) is 9.15. The van der Waals surface area contributed by atoms with Crippen molar-refractivity contribution in [2.24, 2.45) is 5.92 Å². The Morgan fingerprint density at radius 2 is 1.62 bits per heavy atom. The summed E-state index contributed by atoms with van der Waals surface area (Å²) in [5.74, 6) is -0.607. The van der Waals surface area contributed by atoms with E-state index in [-0.39, 0.29) is 12.4 Å². The number of rotatable bonds is 10. The number of ether oxygens (including phenoxy) is 1. The third-order valence-electron chi connectivity index (χ3n) is 5.61. The maximum atomic E-state index is 12.9. The molecule has 0 aliphatic heterocycles. The second kappa shape index (κ2) is 9.96. The first-order chi connectivity index (χ1) is 15.2. The second-order valence-electron chi connectivity index (χ2n) is 8.97. The van der Waals surface area contributed by atoms with Gasteiger partial charge in [0, 0.05) is 18.3 Å². The zero-order valence-electron chi connectivity index (χ0n) is 19.2. The lowest BCUT2D eigenvalue weighted by Gasteiger charge is -2.20. The van der Waals surface area contributed by atoms with Gasteiger partial charge in [-0.1, -0.05) is 61.0 Å². The van der Waals surface area contributed by atoms with E-state index in [1.165, 1.54) is 5.56 Å². The zero-order chi connectivity index (χ0) is 23.3. The molecule has 1 atom stereocenters. The number of nitrogens with zero attached hydrogens (tertiary/aromatic N) is 1. The molecule has 1 heterocycles. The van der Waals surface area contributed by atoms with Gasteiger partial charge in [0.2, 0.25) is 5.78 Å². The monoisotopic (exact) mass is 433 g/mol. The molecular formula is C27H31NO4. The van der Waals surface area contributed by atoms with Crippen molar-refractivity contribution in [3.05, 3.63) is 94.8 Å². The minimum Gasteiger partial charge on any atom is -0.479 e. The summed E-state index contributed by atoms with van der Waals surface area (Å²) in [4.78, 5) is 24.1. The molecule has 3 rings (SSSR count). The van der Waals surface area contributed by atoms with Gasteiger partial charge in [0.25, 0.3) is 0 Å². The molecule has 0 saturated heterocycles. The molecule has 5 nitrogen and oxygen atoms in total. The number of carbonyl (C=O) groups is 2. The van der Waals surface area contributed by atoms with Crippen molar-refractivity contribution in [2.45, 2.75) is 52.9 Å². The van der Waals surface area contributed by atoms with Crippen molar-refractivity contribution >= 4 is 11.8 Å². The molecule has 0 aliphatic carbocycles. The van der Waals surface area contributed by atoms with Crippen molar-refractivity contribution in [3.63, 3.8) is 0 Å². The summed E-state index contributed by atoms with van der Waals surface area (Å²) in [5.41, 5.74) is 3.46. The van der Waals surface area contributed by atoms with E-state index in [1.54, 1.807) is 13.8 Å². The minimum absolute atomic E-state index is 0.0378. The predicted molar refractivity (Wildman–Crippen MR) is 125 cm³/mol. The lowest BCUT2D eigenvalue weighted by Crippen LogP contribution is -2.34. The van der Waals surface area contributed by atoms with E-state index >= 15 is 0 Å². The predicted octanol–water partition coefficient (Wildman–Crippen LogP) is 5.29. The van der Waals surface area contributed by atoms with Crippen LogP contribution < -0.4 is 0 Å². The van der Waals surface area contributed by atoms with Crippen molar-refractivity contribution in [3.8, 4) is 0 Å². The molecule has 0 radical (unpaired) electrons. The maximum Gasteiger partial charge on any atom is 0.335 e. The number of hydrogen-bond acceptors (Lipinski definition) is 3. The van der Waals surface area contributed by atoms with E-state index in [0.717, 1.165) is 24.1 Å². The van der Waals surface area contributed by atoms with Crippen LogP contribution in [0.5, 0.6) is 0 Å². The van der Waals surface area contributed by atoms with Gasteiger partial charge in [-0.3, -0.25) is 4.79 Å². The molecule has 0 bridgehead atoms. The third-order valence-corrected chi connectivity index (χ3v) is 5.61. The van der Waals surface area contributed by atoms with Crippen LogP contribution in [0.4, 0.5) is 0 Å². The number of aryl methyl sites for hydroxylation is 1. The first-order valence-electron chi connectivity index (χ1n) is 10.9. The fraction of sp³-hybridized carbons (Fsp3) is 0.333. The van der Waals surface area contributed by atoms with Crippen LogP contribution in [0.25, 0.3) is 0 Å². The Kier molecular flexibility index (Phi) is 7.31. The molecule has 5 heteroatoms. The first-order valence-corrected chi connectivity index (χ1v) is 10.9. The molecular weight excluding hydrogens is 402 g/mol. The van der Waals surface area contributed by atoms with Crippen LogP contribution in [-0.4, -0.2) is 27.0 Å². The van der Waals surface area contributed by atoms with Crippen molar-refractivity contribution in [2.75, 3.05) is 0 Å². The molecule has 2 aromatic carbocycles. The van der Waals surface area contributed by atoms with Gasteiger partial charge in [-0.05, 0) is 56.4 Å². The highest BCUT2D eigenvalue weighted by Gasteiger charge is 2.27. The Balaban J connectivity index is 1.59. The van der Waals surface area contributed by atoms with E-state index in [1.807, 2.05) is 66.2 Å². The van der Waals surface area contributed by atoms with E-state index in [9.17, 15) is 9.59 Å². The second-order valence-corrected chi connectivity index (χ2v) is 8.97. The molecule has 0 saturated carbocycles. The third kappa shape index (κ3) is 5.95. The number of aromatic nitrogens is 1. The largest absolute Gasteiger partial charge is 0.479 e. The summed E-state index contributed by atoms with van der Waals surface area (Å²) in [6, 6.07) is 19.5. The van der Waals surface area contributed by atoms with E-state index in [2.05, 4.69) is 19.1 Å². The molecule has 0 fully saturated rings. The normalized spacial score (nSPS) is 12.5. The van der Waals surface area contributed by atoms with Crippen LogP contribution in [0, 0.1) is 12.8 Å². The van der Waals surface area contributed by atoms with Crippen LogP contribution in [0.15, 0.2) is 66.9 Å². The van der Waals surface area contributed by atoms with Crippen LogP contribution in [0.2, 0.25) is 0 Å². The summed E-state index contributed by atoms with van der Waals surface area (Å²) in [6.07, 6.45) is 2.83. The molecule has 0 spiro atoms. The molecule has 168 valence electrons. The van der Waals surface area contributed by atoms with Gasteiger partial charge < -0.3 is 14.4 Å². The highest BCUT2D eigenvalue weighted by Crippen LogP contribution is 2.18. The number of ketones is 1. The van der Waals surface area contributed by atoms with Gasteiger partial charge in [0.1, 0.15) is 0 Å². The molecule has 0 amide bonds. The molecule has 3 aromatic rings. The molecule has 1 unspecified atom stereocenters. The zero-order valence-corrected chi connectivity index (χ0v) is 19.2. The lowest BCUT2D eigenvalue weighted by atomic mass is 9.99. The van der Waals surface area contributed by atoms with Gasteiger partial charge >= 0.3 is 5.97 Å². The average molecular weight is 434 g/mol. The maximum absolute atomic E-state index is 12.9. The van der Waals surface area contributed by atoms with Crippen LogP contribution in [-0.2, 0) is 29.1 Å². The molecule has 32 heavy (non-hydrogen) atoms. The van der Waals surface area contributed by atoms with Crippen molar-refractivity contribution < 1.29 is 19.4 Å². The van der Waals surface area contributed by atoms with E-state index < -0.39 is 11.6 Å². The molecule has 1 aromatic heterocycles. The average Bonchev–Trinajstić information content (AvgIpc) is 3.21. The van der Waals surface area contributed by atoms with Crippen LogP contribution >= 0.6 is 0 Å². The standard InChI is InChI=1S/C27H31NO4/c1-19-7-13-23(14-8-19)25(29)24-6-5-15-28(24)17-20(2)16-21-9-11-22(12-10-21)18-32-27(3,4)26(30)31/h5-15,20H,16-18H2,1-4H3,(H,30,31). The van der Waals surface area contributed by atoms with Gasteiger partial charge in [-0.25, -0.2) is 4.79 Å². The lowest BCUT2D eigenvalue weighted by molar-refractivity contribution is -0.162. The van der Waals surface area contributed by atoms with Crippen molar-refractivity contribution in [1.82, 2.24) is 4.57 Å². The van der Waals surface area contributed by atoms with Gasteiger partial charge in [-0.15, -0.1) is 0 Å². The fourth-order valence-corrected chi connectivity index (χ4v) is 3.53. The summed E-state index contributed by atoms with van der Waals surface area (Å²) < 4.78 is 7.54. The molecule has 0 aliphatic rings. The SMILES string of the molecule is Cc1ccc(C(=O)c2cccn2CC(C)Cc2ccc(COC(C)(C)C(=O)O)cc2)cc1. The quantitative estimate of drug-likeness (QED) is 0.441. The molecule has 1 N–H and O–H groups in total. The summed E-state index contributed by atoms with van der Waals surface area (Å²) in [6.45, 7) is 8.27.